The second-order valence-corrected chi connectivity index (χ2v) is 8.13. The molecule has 4 rings (SSSR count). The molecule has 0 fully saturated rings. The van der Waals surface area contributed by atoms with Crippen LogP contribution < -0.4 is 10.2 Å². The zero-order valence-electron chi connectivity index (χ0n) is 18.8. The first-order valence-corrected chi connectivity index (χ1v) is 10.7. The maximum absolute atomic E-state index is 13.8. The van der Waals surface area contributed by atoms with Gasteiger partial charge in [-0.1, -0.05) is 11.6 Å². The number of hydrogen-bond donors (Lipinski definition) is 0. The Hall–Kier alpha value is -3.78. The van der Waals surface area contributed by atoms with Gasteiger partial charge in [-0.05, 0) is 56.7 Å². The molecule has 9 heteroatoms. The fraction of sp³-hybridized carbons (Fsp3) is 0.200. The van der Waals surface area contributed by atoms with Crippen LogP contribution >= 0.6 is 11.6 Å². The Kier molecular flexibility index (Phi) is 6.34. The molecule has 7 nitrogen and oxygen atoms in total. The number of carbonyl (C=O) groups excluding carboxylic acids is 1. The van der Waals surface area contributed by atoms with Gasteiger partial charge in [0.1, 0.15) is 28.4 Å². The smallest absolute Gasteiger partial charge is 0.360 e. The molecule has 1 atom stereocenters. The van der Waals surface area contributed by atoms with Gasteiger partial charge in [0.15, 0.2) is 16.9 Å². The molecule has 34 heavy (non-hydrogen) atoms. The minimum atomic E-state index is -0.707. The van der Waals surface area contributed by atoms with Crippen LogP contribution in [0.25, 0.3) is 22.3 Å². The minimum Gasteiger partial charge on any atom is -0.483 e. The van der Waals surface area contributed by atoms with Crippen LogP contribution in [0.3, 0.4) is 0 Å². The van der Waals surface area contributed by atoms with E-state index in [2.05, 4.69) is 9.97 Å². The summed E-state index contributed by atoms with van der Waals surface area (Å²) in [7, 11) is 1.23. The molecule has 4 aromatic rings. The van der Waals surface area contributed by atoms with E-state index in [1.807, 2.05) is 13.0 Å². The molecular weight excluding hydrogens is 463 g/mol. The van der Waals surface area contributed by atoms with Crippen LogP contribution in [0.1, 0.15) is 40.2 Å². The molecular formula is C25H20ClFN2O5. The molecule has 1 aromatic carbocycles. The molecule has 3 heterocycles. The summed E-state index contributed by atoms with van der Waals surface area (Å²) in [5.74, 6) is -0.888. The van der Waals surface area contributed by atoms with Crippen LogP contribution in [0.4, 0.5) is 4.39 Å². The monoisotopic (exact) mass is 482 g/mol. The number of pyridine rings is 2. The van der Waals surface area contributed by atoms with Crippen LogP contribution in [0.2, 0.25) is 5.15 Å². The molecule has 0 bridgehead atoms. The molecule has 3 aromatic heterocycles. The van der Waals surface area contributed by atoms with Crippen molar-refractivity contribution < 1.29 is 23.1 Å². The van der Waals surface area contributed by atoms with Crippen molar-refractivity contribution in [3.63, 3.8) is 0 Å². The molecule has 0 amide bonds. The lowest BCUT2D eigenvalue weighted by molar-refractivity contribution is 0.0586. The summed E-state index contributed by atoms with van der Waals surface area (Å²) in [6.07, 6.45) is 1.83. The molecule has 0 N–H and O–H groups in total. The third kappa shape index (κ3) is 4.36. The number of hydrogen-bond acceptors (Lipinski definition) is 7. The number of aromatic nitrogens is 2. The summed E-state index contributed by atoms with van der Waals surface area (Å²) in [4.78, 5) is 33.2. The average Bonchev–Trinajstić information content (AvgIpc) is 2.81. The van der Waals surface area contributed by atoms with Crippen molar-refractivity contribution >= 4 is 28.5 Å². The SMILES string of the molecule is COC(=O)c1nc(Cl)ccc1O[C@H](C)c1cc(C)cc2c(=O)c(C)c(-c3cncc(F)c3)oc12. The molecule has 0 aliphatic heterocycles. The van der Waals surface area contributed by atoms with Crippen LogP contribution in [-0.4, -0.2) is 23.0 Å². The van der Waals surface area contributed by atoms with Gasteiger partial charge in [0.05, 0.1) is 18.7 Å². The summed E-state index contributed by atoms with van der Waals surface area (Å²) in [5.41, 5.74) is 2.00. The molecule has 174 valence electrons. The first kappa shape index (κ1) is 23.4. The largest absolute Gasteiger partial charge is 0.483 e. The highest BCUT2D eigenvalue weighted by molar-refractivity contribution is 6.29. The number of esters is 1. The lowest BCUT2D eigenvalue weighted by atomic mass is 10.00. The minimum absolute atomic E-state index is 0.0809. The Balaban J connectivity index is 1.88. The number of ether oxygens (including phenoxy) is 2. The first-order valence-electron chi connectivity index (χ1n) is 10.3. The van der Waals surface area contributed by atoms with E-state index < -0.39 is 17.9 Å². The summed E-state index contributed by atoms with van der Waals surface area (Å²) in [6, 6.07) is 7.80. The second-order valence-electron chi connectivity index (χ2n) is 7.74. The summed E-state index contributed by atoms with van der Waals surface area (Å²) in [6.45, 7) is 5.21. The lowest BCUT2D eigenvalue weighted by Crippen LogP contribution is -2.13. The summed E-state index contributed by atoms with van der Waals surface area (Å²) >= 11 is 5.93. The molecule has 0 saturated carbocycles. The van der Waals surface area contributed by atoms with Crippen LogP contribution in [0.5, 0.6) is 5.75 Å². The Bertz CT molecular complexity index is 1480. The van der Waals surface area contributed by atoms with Gasteiger partial charge < -0.3 is 13.9 Å². The van der Waals surface area contributed by atoms with E-state index in [0.717, 1.165) is 11.8 Å². The zero-order chi connectivity index (χ0) is 24.6. The van der Waals surface area contributed by atoms with Crippen molar-refractivity contribution in [2.45, 2.75) is 26.9 Å². The Morgan fingerprint density at radius 3 is 2.65 bits per heavy atom. The average molecular weight is 483 g/mol. The molecule has 0 spiro atoms. The van der Waals surface area contributed by atoms with E-state index in [9.17, 15) is 14.0 Å². The Labute approximate surface area is 199 Å². The highest BCUT2D eigenvalue weighted by atomic mass is 35.5. The number of carbonyl (C=O) groups is 1. The molecule has 0 saturated heterocycles. The van der Waals surface area contributed by atoms with Gasteiger partial charge in [-0.2, -0.15) is 0 Å². The number of methoxy groups -OCH3 is 1. The standard InChI is InChI=1S/C25H20ClFN2O5/c1-12-7-17(14(3)33-19-5-6-20(26)29-21(19)25(31)32-4)24-18(8-12)22(30)13(2)23(34-24)15-9-16(27)11-28-10-15/h5-11,14H,1-4H3/t14-/m1/s1. The number of halogens is 2. The van der Waals surface area contributed by atoms with E-state index in [-0.39, 0.29) is 33.4 Å². The molecule has 0 aliphatic rings. The highest BCUT2D eigenvalue weighted by Crippen LogP contribution is 2.33. The fourth-order valence-electron chi connectivity index (χ4n) is 3.70. The van der Waals surface area contributed by atoms with E-state index in [1.54, 1.807) is 19.9 Å². The van der Waals surface area contributed by atoms with E-state index in [1.165, 1.54) is 31.5 Å². The van der Waals surface area contributed by atoms with E-state index >= 15 is 0 Å². The number of aryl methyl sites for hydroxylation is 1. The van der Waals surface area contributed by atoms with Crippen LogP contribution in [-0.2, 0) is 4.74 Å². The number of benzene rings is 1. The highest BCUT2D eigenvalue weighted by Gasteiger charge is 2.23. The van der Waals surface area contributed by atoms with Gasteiger partial charge >= 0.3 is 5.97 Å². The van der Waals surface area contributed by atoms with E-state index in [0.29, 0.717) is 22.1 Å². The topological polar surface area (TPSA) is 91.5 Å². The van der Waals surface area contributed by atoms with Gasteiger partial charge in [-0.3, -0.25) is 9.78 Å². The quantitative estimate of drug-likeness (QED) is 0.270. The van der Waals surface area contributed by atoms with Crippen molar-refractivity contribution in [3.8, 4) is 17.1 Å². The first-order chi connectivity index (χ1) is 16.2. The van der Waals surface area contributed by atoms with Crippen molar-refractivity contribution in [1.82, 2.24) is 9.97 Å². The lowest BCUT2D eigenvalue weighted by Gasteiger charge is -2.19. The Morgan fingerprint density at radius 2 is 1.94 bits per heavy atom. The fourth-order valence-corrected chi connectivity index (χ4v) is 3.84. The predicted molar refractivity (Wildman–Crippen MR) is 125 cm³/mol. The zero-order valence-corrected chi connectivity index (χ0v) is 19.6. The van der Waals surface area contributed by atoms with Crippen molar-refractivity contribution in [1.29, 1.82) is 0 Å². The second kappa shape index (κ2) is 9.23. The van der Waals surface area contributed by atoms with Crippen LogP contribution in [0.15, 0.2) is 51.9 Å². The van der Waals surface area contributed by atoms with Gasteiger partial charge in [0.2, 0.25) is 0 Å². The number of rotatable bonds is 5. The van der Waals surface area contributed by atoms with Crippen LogP contribution in [0, 0.1) is 19.7 Å². The van der Waals surface area contributed by atoms with Gasteiger partial charge in [0.25, 0.3) is 0 Å². The summed E-state index contributed by atoms with van der Waals surface area (Å²) < 4.78 is 30.8. The maximum Gasteiger partial charge on any atom is 0.360 e. The molecule has 0 unspecified atom stereocenters. The maximum atomic E-state index is 13.8. The molecule has 0 radical (unpaired) electrons. The third-order valence-electron chi connectivity index (χ3n) is 5.30. The van der Waals surface area contributed by atoms with Gasteiger partial charge in [-0.25, -0.2) is 14.2 Å². The number of fused-ring (bicyclic) bond motifs is 1. The third-order valence-corrected chi connectivity index (χ3v) is 5.51. The number of nitrogens with zero attached hydrogens (tertiary/aromatic N) is 2. The van der Waals surface area contributed by atoms with Crippen molar-refractivity contribution in [2.24, 2.45) is 0 Å². The van der Waals surface area contributed by atoms with Gasteiger partial charge in [0, 0.05) is 22.9 Å². The predicted octanol–water partition coefficient (Wildman–Crippen LogP) is 5.59. The normalized spacial score (nSPS) is 11.9. The summed E-state index contributed by atoms with van der Waals surface area (Å²) in [5, 5.41) is 0.467. The Morgan fingerprint density at radius 1 is 1.18 bits per heavy atom. The van der Waals surface area contributed by atoms with Gasteiger partial charge in [-0.15, -0.1) is 0 Å². The van der Waals surface area contributed by atoms with Crippen molar-refractivity contribution in [3.05, 3.63) is 86.3 Å². The molecule has 0 aliphatic carbocycles. The van der Waals surface area contributed by atoms with Crippen molar-refractivity contribution in [2.75, 3.05) is 7.11 Å². The van der Waals surface area contributed by atoms with E-state index in [4.69, 9.17) is 25.5 Å².